The van der Waals surface area contributed by atoms with Crippen LogP contribution >= 0.6 is 0 Å². The number of rotatable bonds is 4. The van der Waals surface area contributed by atoms with Gasteiger partial charge in [-0.05, 0) is 26.0 Å². The smallest absolute Gasteiger partial charge is 0.305 e. The second kappa shape index (κ2) is 4.16. The van der Waals surface area contributed by atoms with Crippen molar-refractivity contribution in [3.8, 4) is 0 Å². The van der Waals surface area contributed by atoms with Crippen LogP contribution in [0.2, 0.25) is 0 Å². The Morgan fingerprint density at radius 1 is 1.60 bits per heavy atom. The van der Waals surface area contributed by atoms with Crippen molar-refractivity contribution < 1.29 is 9.90 Å². The number of pyridine rings is 1. The maximum Gasteiger partial charge on any atom is 0.305 e. The maximum absolute atomic E-state index is 10.6. The minimum atomic E-state index is -0.837. The van der Waals surface area contributed by atoms with E-state index in [9.17, 15) is 4.79 Å². The van der Waals surface area contributed by atoms with Crippen LogP contribution in [-0.2, 0) is 4.79 Å². The standard InChI is InChI=1S/C10H15N3O2/c1-10(2,5-9(14)15)13-7-3-4-8(11)12-6-7/h3-4,6,13H,5H2,1-2H3,(H2,11,12)(H,14,15). The van der Waals surface area contributed by atoms with E-state index in [-0.39, 0.29) is 6.42 Å². The minimum absolute atomic E-state index is 0.0391. The SMILES string of the molecule is CC(C)(CC(=O)O)Nc1ccc(N)nc1. The Hall–Kier alpha value is -1.78. The number of nitrogens with two attached hydrogens (primary N) is 1. The van der Waals surface area contributed by atoms with Crippen LogP contribution in [0.25, 0.3) is 0 Å². The summed E-state index contributed by atoms with van der Waals surface area (Å²) in [6, 6.07) is 3.44. The molecule has 0 saturated heterocycles. The fourth-order valence-electron chi connectivity index (χ4n) is 1.29. The van der Waals surface area contributed by atoms with Crippen LogP contribution in [0.4, 0.5) is 11.5 Å². The van der Waals surface area contributed by atoms with E-state index in [1.54, 1.807) is 18.3 Å². The van der Waals surface area contributed by atoms with E-state index in [4.69, 9.17) is 10.8 Å². The zero-order chi connectivity index (χ0) is 11.5. The molecule has 1 aromatic heterocycles. The summed E-state index contributed by atoms with van der Waals surface area (Å²) in [4.78, 5) is 14.5. The summed E-state index contributed by atoms with van der Waals surface area (Å²) in [6.07, 6.45) is 1.62. The summed E-state index contributed by atoms with van der Waals surface area (Å²) in [5, 5.41) is 11.8. The van der Waals surface area contributed by atoms with E-state index in [2.05, 4.69) is 10.3 Å². The van der Waals surface area contributed by atoms with Gasteiger partial charge in [0.15, 0.2) is 0 Å². The predicted molar refractivity (Wildman–Crippen MR) is 58.6 cm³/mol. The fourth-order valence-corrected chi connectivity index (χ4v) is 1.29. The van der Waals surface area contributed by atoms with E-state index in [1.165, 1.54) is 0 Å². The van der Waals surface area contributed by atoms with Gasteiger partial charge in [0.1, 0.15) is 5.82 Å². The van der Waals surface area contributed by atoms with Crippen molar-refractivity contribution in [1.29, 1.82) is 0 Å². The maximum atomic E-state index is 10.6. The Labute approximate surface area is 88.3 Å². The number of nitrogens with zero attached hydrogens (tertiary/aromatic N) is 1. The highest BCUT2D eigenvalue weighted by molar-refractivity contribution is 5.69. The molecular formula is C10H15N3O2. The molecule has 0 aliphatic carbocycles. The normalized spacial score (nSPS) is 11.1. The topological polar surface area (TPSA) is 88.2 Å². The first kappa shape index (κ1) is 11.3. The van der Waals surface area contributed by atoms with Crippen LogP contribution in [-0.4, -0.2) is 21.6 Å². The number of carboxylic acid groups (broad SMARTS) is 1. The molecule has 0 aliphatic rings. The lowest BCUT2D eigenvalue weighted by atomic mass is 10.0. The monoisotopic (exact) mass is 209 g/mol. The Kier molecular flexibility index (Phi) is 3.14. The van der Waals surface area contributed by atoms with Gasteiger partial charge in [-0.3, -0.25) is 4.79 Å². The van der Waals surface area contributed by atoms with Gasteiger partial charge in [-0.25, -0.2) is 4.98 Å². The highest BCUT2D eigenvalue weighted by atomic mass is 16.4. The predicted octanol–water partition coefficient (Wildman–Crippen LogP) is 1.33. The van der Waals surface area contributed by atoms with Gasteiger partial charge in [0, 0.05) is 5.54 Å². The number of aliphatic carboxylic acids is 1. The van der Waals surface area contributed by atoms with E-state index in [0.717, 1.165) is 5.69 Å². The minimum Gasteiger partial charge on any atom is -0.481 e. The molecule has 0 unspecified atom stereocenters. The van der Waals surface area contributed by atoms with Crippen LogP contribution in [0.15, 0.2) is 18.3 Å². The summed E-state index contributed by atoms with van der Waals surface area (Å²) in [6.45, 7) is 3.63. The van der Waals surface area contributed by atoms with Gasteiger partial charge in [0.25, 0.3) is 0 Å². The third-order valence-corrected chi connectivity index (χ3v) is 1.86. The number of carbonyl (C=O) groups is 1. The van der Waals surface area contributed by atoms with E-state index in [1.807, 2.05) is 13.8 Å². The molecule has 5 heteroatoms. The summed E-state index contributed by atoms with van der Waals surface area (Å²) in [7, 11) is 0. The highest BCUT2D eigenvalue weighted by Crippen LogP contribution is 2.17. The molecule has 0 fully saturated rings. The summed E-state index contributed by atoms with van der Waals surface area (Å²) >= 11 is 0. The van der Waals surface area contributed by atoms with E-state index >= 15 is 0 Å². The number of anilines is 2. The molecule has 15 heavy (non-hydrogen) atoms. The van der Waals surface area contributed by atoms with E-state index in [0.29, 0.717) is 5.82 Å². The largest absolute Gasteiger partial charge is 0.481 e. The van der Waals surface area contributed by atoms with Crippen molar-refractivity contribution in [2.24, 2.45) is 0 Å². The molecule has 0 radical (unpaired) electrons. The van der Waals surface area contributed by atoms with Gasteiger partial charge < -0.3 is 16.2 Å². The number of aromatic nitrogens is 1. The molecule has 0 aliphatic heterocycles. The number of carboxylic acids is 1. The molecule has 0 amide bonds. The summed E-state index contributed by atoms with van der Waals surface area (Å²) < 4.78 is 0. The molecule has 0 spiro atoms. The zero-order valence-corrected chi connectivity index (χ0v) is 8.82. The molecule has 1 aromatic rings. The van der Waals surface area contributed by atoms with Crippen molar-refractivity contribution >= 4 is 17.5 Å². The molecule has 1 rings (SSSR count). The molecule has 5 nitrogen and oxygen atoms in total. The molecule has 1 heterocycles. The molecule has 4 N–H and O–H groups in total. The summed E-state index contributed by atoms with van der Waals surface area (Å²) in [5.74, 6) is -0.396. The zero-order valence-electron chi connectivity index (χ0n) is 8.82. The van der Waals surface area contributed by atoms with Gasteiger partial charge >= 0.3 is 5.97 Å². The third-order valence-electron chi connectivity index (χ3n) is 1.86. The Morgan fingerprint density at radius 3 is 2.73 bits per heavy atom. The van der Waals surface area contributed by atoms with Crippen LogP contribution < -0.4 is 11.1 Å². The van der Waals surface area contributed by atoms with Gasteiger partial charge in [0.2, 0.25) is 0 Å². The van der Waals surface area contributed by atoms with Gasteiger partial charge in [-0.2, -0.15) is 0 Å². The fraction of sp³-hybridized carbons (Fsp3) is 0.400. The second-order valence-electron chi connectivity index (χ2n) is 4.05. The van der Waals surface area contributed by atoms with Crippen molar-refractivity contribution in [1.82, 2.24) is 4.98 Å². The van der Waals surface area contributed by atoms with Crippen LogP contribution in [0.5, 0.6) is 0 Å². The van der Waals surface area contributed by atoms with Crippen LogP contribution in [0.3, 0.4) is 0 Å². The quantitative estimate of drug-likeness (QED) is 0.696. The lowest BCUT2D eigenvalue weighted by Crippen LogP contribution is -2.33. The number of hydrogen-bond donors (Lipinski definition) is 3. The van der Waals surface area contributed by atoms with Gasteiger partial charge in [-0.15, -0.1) is 0 Å². The highest BCUT2D eigenvalue weighted by Gasteiger charge is 2.21. The second-order valence-corrected chi connectivity index (χ2v) is 4.05. The van der Waals surface area contributed by atoms with Crippen LogP contribution in [0, 0.1) is 0 Å². The lowest BCUT2D eigenvalue weighted by Gasteiger charge is -2.25. The first-order valence-corrected chi connectivity index (χ1v) is 4.60. The van der Waals surface area contributed by atoms with Crippen molar-refractivity contribution in [3.63, 3.8) is 0 Å². The molecule has 0 saturated carbocycles. The lowest BCUT2D eigenvalue weighted by molar-refractivity contribution is -0.137. The van der Waals surface area contributed by atoms with Gasteiger partial charge in [-0.1, -0.05) is 0 Å². The molecule has 0 atom stereocenters. The molecular weight excluding hydrogens is 194 g/mol. The Balaban J connectivity index is 2.68. The Bertz CT molecular complexity index is 346. The molecule has 0 bridgehead atoms. The van der Waals surface area contributed by atoms with Crippen molar-refractivity contribution in [2.75, 3.05) is 11.1 Å². The average Bonchev–Trinajstić information content (AvgIpc) is 2.06. The third kappa shape index (κ3) is 3.84. The number of hydrogen-bond acceptors (Lipinski definition) is 4. The number of nitrogen functional groups attached to an aromatic ring is 1. The molecule has 0 aromatic carbocycles. The Morgan fingerprint density at radius 2 is 2.27 bits per heavy atom. The van der Waals surface area contributed by atoms with Crippen LogP contribution in [0.1, 0.15) is 20.3 Å². The summed E-state index contributed by atoms with van der Waals surface area (Å²) in [5.41, 5.74) is 5.69. The van der Waals surface area contributed by atoms with Gasteiger partial charge in [0.05, 0.1) is 18.3 Å². The first-order valence-electron chi connectivity index (χ1n) is 4.60. The average molecular weight is 209 g/mol. The number of nitrogens with one attached hydrogen (secondary N) is 1. The first-order chi connectivity index (χ1) is 6.89. The van der Waals surface area contributed by atoms with Crippen molar-refractivity contribution in [2.45, 2.75) is 25.8 Å². The van der Waals surface area contributed by atoms with E-state index < -0.39 is 11.5 Å². The van der Waals surface area contributed by atoms with Crippen molar-refractivity contribution in [3.05, 3.63) is 18.3 Å². The molecule has 82 valence electrons.